The van der Waals surface area contributed by atoms with Crippen LogP contribution in [-0.2, 0) is 13.1 Å². The van der Waals surface area contributed by atoms with Gasteiger partial charge in [0.2, 0.25) is 0 Å². The number of aliphatic hydroxyl groups is 1. The van der Waals surface area contributed by atoms with Crippen LogP contribution in [0.1, 0.15) is 43.4 Å². The van der Waals surface area contributed by atoms with Gasteiger partial charge in [0.15, 0.2) is 11.5 Å². The van der Waals surface area contributed by atoms with Gasteiger partial charge in [-0.1, -0.05) is 0 Å². The monoisotopic (exact) mass is 450 g/mol. The van der Waals surface area contributed by atoms with Crippen molar-refractivity contribution in [1.29, 1.82) is 0 Å². The van der Waals surface area contributed by atoms with Crippen LogP contribution in [0.15, 0.2) is 41.5 Å². The Balaban J connectivity index is 1.16. The normalized spacial score (nSPS) is 22.4. The van der Waals surface area contributed by atoms with Gasteiger partial charge in [0, 0.05) is 37.5 Å². The minimum Gasteiger partial charge on any atom is -0.486 e. The summed E-state index contributed by atoms with van der Waals surface area (Å²) < 4.78 is 12.9. The number of hydrogen-bond donors (Lipinski definition) is 2. The maximum Gasteiger partial charge on any atom is 0.251 e. The van der Waals surface area contributed by atoms with E-state index in [-0.39, 0.29) is 5.56 Å². The molecular weight excluding hydrogens is 420 g/mol. The number of fused-ring (bicyclic) bond motifs is 2. The average molecular weight is 451 g/mol. The first kappa shape index (κ1) is 21.9. The molecule has 1 aliphatic heterocycles. The highest BCUT2D eigenvalue weighted by Crippen LogP contribution is 2.33. The van der Waals surface area contributed by atoms with Crippen LogP contribution in [0.25, 0.3) is 11.0 Å². The minimum absolute atomic E-state index is 0.0548. The van der Waals surface area contributed by atoms with Gasteiger partial charge in [0.05, 0.1) is 28.5 Å². The fourth-order valence-electron chi connectivity index (χ4n) is 4.76. The molecule has 0 atom stereocenters. The van der Waals surface area contributed by atoms with Gasteiger partial charge < -0.3 is 24.5 Å². The fourth-order valence-corrected chi connectivity index (χ4v) is 4.76. The third-order valence-corrected chi connectivity index (χ3v) is 6.75. The Bertz CT molecular complexity index is 1200. The van der Waals surface area contributed by atoms with Gasteiger partial charge in [-0.15, -0.1) is 0 Å². The van der Waals surface area contributed by atoms with Crippen molar-refractivity contribution in [2.45, 2.75) is 63.8 Å². The zero-order valence-corrected chi connectivity index (χ0v) is 18.9. The maximum absolute atomic E-state index is 12.5. The largest absolute Gasteiger partial charge is 0.486 e. The molecule has 1 aliphatic carbocycles. The van der Waals surface area contributed by atoms with Crippen LogP contribution in [0.3, 0.4) is 0 Å². The molecule has 0 spiro atoms. The van der Waals surface area contributed by atoms with Crippen LogP contribution >= 0.6 is 0 Å². The van der Waals surface area contributed by atoms with E-state index in [1.54, 1.807) is 29.1 Å². The van der Waals surface area contributed by atoms with Crippen LogP contribution in [-0.4, -0.2) is 44.5 Å². The average Bonchev–Trinajstić information content (AvgIpc) is 2.83. The number of hydrogen-bond acceptors (Lipinski definition) is 7. The Morgan fingerprint density at radius 2 is 1.91 bits per heavy atom. The summed E-state index contributed by atoms with van der Waals surface area (Å²) in [6, 6.07) is 7.56. The van der Waals surface area contributed by atoms with Crippen LogP contribution in [0, 0.1) is 6.92 Å². The lowest BCUT2D eigenvalue weighted by atomic mass is 9.80. The molecule has 8 nitrogen and oxygen atoms in total. The Kier molecular flexibility index (Phi) is 6.03. The van der Waals surface area contributed by atoms with Crippen LogP contribution < -0.4 is 20.3 Å². The van der Waals surface area contributed by atoms with Gasteiger partial charge in [0.1, 0.15) is 13.2 Å². The summed E-state index contributed by atoms with van der Waals surface area (Å²) in [5, 5.41) is 14.7. The van der Waals surface area contributed by atoms with Gasteiger partial charge in [0.25, 0.3) is 5.56 Å². The van der Waals surface area contributed by atoms with Crippen LogP contribution in [0.5, 0.6) is 11.5 Å². The van der Waals surface area contributed by atoms with Crippen molar-refractivity contribution < 1.29 is 14.6 Å². The molecule has 0 radical (unpaired) electrons. The molecule has 0 bridgehead atoms. The molecule has 174 valence electrons. The van der Waals surface area contributed by atoms with Crippen molar-refractivity contribution in [3.8, 4) is 11.5 Å². The highest BCUT2D eigenvalue weighted by Gasteiger charge is 2.33. The summed E-state index contributed by atoms with van der Waals surface area (Å²) in [6.45, 7) is 4.22. The topological polar surface area (TPSA) is 98.5 Å². The highest BCUT2D eigenvalue weighted by atomic mass is 16.6. The summed E-state index contributed by atoms with van der Waals surface area (Å²) in [4.78, 5) is 21.4. The Morgan fingerprint density at radius 1 is 1.12 bits per heavy atom. The van der Waals surface area contributed by atoms with E-state index in [1.807, 2.05) is 19.1 Å². The van der Waals surface area contributed by atoms with Gasteiger partial charge in [-0.3, -0.25) is 14.8 Å². The van der Waals surface area contributed by atoms with Crippen molar-refractivity contribution in [3.05, 3.63) is 58.3 Å². The SMILES string of the molecule is Cc1cnc2ccc(=O)n(CCC3(O)CCC(NCc4cc5c(cn4)OCCO5)CC3)c2c1. The Labute approximate surface area is 192 Å². The van der Waals surface area contributed by atoms with E-state index < -0.39 is 5.60 Å². The number of rotatable bonds is 6. The van der Waals surface area contributed by atoms with Gasteiger partial charge in [-0.05, 0) is 56.7 Å². The van der Waals surface area contributed by atoms with Gasteiger partial charge in [-0.2, -0.15) is 0 Å². The van der Waals surface area contributed by atoms with Crippen molar-refractivity contribution in [2.24, 2.45) is 0 Å². The highest BCUT2D eigenvalue weighted by molar-refractivity contribution is 5.74. The van der Waals surface area contributed by atoms with Crippen LogP contribution in [0.4, 0.5) is 0 Å². The summed E-state index contributed by atoms with van der Waals surface area (Å²) in [6.07, 6.45) is 7.25. The van der Waals surface area contributed by atoms with E-state index in [9.17, 15) is 9.90 Å². The molecule has 5 rings (SSSR count). The summed E-state index contributed by atoms with van der Waals surface area (Å²) in [5.74, 6) is 1.45. The smallest absolute Gasteiger partial charge is 0.251 e. The van der Waals surface area contributed by atoms with E-state index in [1.165, 1.54) is 0 Å². The Morgan fingerprint density at radius 3 is 2.73 bits per heavy atom. The maximum atomic E-state index is 12.5. The molecule has 1 saturated carbocycles. The number of nitrogens with zero attached hydrogens (tertiary/aromatic N) is 3. The second-order valence-electron chi connectivity index (χ2n) is 9.19. The first-order valence-corrected chi connectivity index (χ1v) is 11.7. The molecule has 33 heavy (non-hydrogen) atoms. The molecule has 0 saturated heterocycles. The van der Waals surface area contributed by atoms with Crippen molar-refractivity contribution in [3.63, 3.8) is 0 Å². The molecule has 0 amide bonds. The third kappa shape index (κ3) is 4.86. The lowest BCUT2D eigenvalue weighted by Crippen LogP contribution is -2.42. The number of pyridine rings is 3. The van der Waals surface area contributed by atoms with E-state index >= 15 is 0 Å². The van der Waals surface area contributed by atoms with Crippen molar-refractivity contribution >= 4 is 11.0 Å². The van der Waals surface area contributed by atoms with E-state index in [4.69, 9.17) is 9.47 Å². The second kappa shape index (κ2) is 9.11. The summed E-state index contributed by atoms with van der Waals surface area (Å²) in [5.41, 5.74) is 2.74. The van der Waals surface area contributed by atoms with Crippen molar-refractivity contribution in [1.82, 2.24) is 19.9 Å². The zero-order chi connectivity index (χ0) is 22.8. The van der Waals surface area contributed by atoms with Gasteiger partial charge >= 0.3 is 0 Å². The minimum atomic E-state index is -0.758. The molecule has 1 fully saturated rings. The summed E-state index contributed by atoms with van der Waals surface area (Å²) in [7, 11) is 0. The fraction of sp³-hybridized carbons (Fsp3) is 0.480. The predicted octanol–water partition coefficient (Wildman–Crippen LogP) is 2.72. The molecule has 8 heteroatoms. The molecular formula is C25H30N4O4. The lowest BCUT2D eigenvalue weighted by molar-refractivity contribution is -0.0144. The molecule has 4 heterocycles. The number of aryl methyl sites for hydroxylation is 2. The molecule has 3 aromatic heterocycles. The lowest BCUT2D eigenvalue weighted by Gasteiger charge is -2.36. The first-order chi connectivity index (χ1) is 16.0. The number of ether oxygens (including phenoxy) is 2. The first-order valence-electron chi connectivity index (χ1n) is 11.7. The predicted molar refractivity (Wildman–Crippen MR) is 125 cm³/mol. The number of aromatic nitrogens is 3. The quantitative estimate of drug-likeness (QED) is 0.596. The zero-order valence-electron chi connectivity index (χ0n) is 18.9. The molecule has 2 N–H and O–H groups in total. The van der Waals surface area contributed by atoms with Crippen LogP contribution in [0.2, 0.25) is 0 Å². The van der Waals surface area contributed by atoms with E-state index in [0.717, 1.165) is 40.9 Å². The second-order valence-corrected chi connectivity index (χ2v) is 9.19. The van der Waals surface area contributed by atoms with E-state index in [0.29, 0.717) is 57.4 Å². The Hall–Kier alpha value is -2.97. The number of nitrogens with one attached hydrogen (secondary N) is 1. The molecule has 3 aromatic rings. The standard InChI is InChI=1S/C25H30N4O4/c1-17-12-21-20(28-14-17)2-3-24(30)29(21)9-8-25(31)6-4-18(5-7-25)26-15-19-13-22-23(16-27-19)33-11-10-32-22/h2-3,12-14,16,18,26,31H,4-11,15H2,1H3. The third-order valence-electron chi connectivity index (χ3n) is 6.75. The summed E-state index contributed by atoms with van der Waals surface area (Å²) >= 11 is 0. The molecule has 2 aliphatic rings. The molecule has 0 aromatic carbocycles. The molecule has 0 unspecified atom stereocenters. The van der Waals surface area contributed by atoms with E-state index in [2.05, 4.69) is 15.3 Å². The van der Waals surface area contributed by atoms with Crippen molar-refractivity contribution in [2.75, 3.05) is 13.2 Å². The van der Waals surface area contributed by atoms with Gasteiger partial charge in [-0.25, -0.2) is 0 Å².